The van der Waals surface area contributed by atoms with Crippen LogP contribution in [0.15, 0.2) is 0 Å². The third kappa shape index (κ3) is 24.7. The molecule has 0 atom stereocenters. The van der Waals surface area contributed by atoms with Gasteiger partial charge >= 0.3 is 29.6 Å². The molecule has 0 aromatic heterocycles. The molecule has 152 valence electrons. The zero-order valence-corrected chi connectivity index (χ0v) is 19.4. The number of rotatable bonds is 19. The molecule has 0 N–H and O–H groups in total. The summed E-state index contributed by atoms with van der Waals surface area (Å²) >= 11 is 0. The number of unbranched alkanes of at least 4 members (excludes halogenated alkanes) is 1. The van der Waals surface area contributed by atoms with Crippen molar-refractivity contribution in [1.29, 1.82) is 0 Å². The van der Waals surface area contributed by atoms with E-state index in [0.717, 1.165) is 19.5 Å². The summed E-state index contributed by atoms with van der Waals surface area (Å²) in [7, 11) is -2.02. The second-order valence-corrected chi connectivity index (χ2v) is 7.25. The predicted octanol–water partition coefficient (Wildman–Crippen LogP) is -2.28. The zero-order valence-electron chi connectivity index (χ0n) is 16.6. The smallest absolute Gasteiger partial charge is 0.748 e. The van der Waals surface area contributed by atoms with Crippen LogP contribution in [-0.4, -0.2) is 96.6 Å². The first kappa shape index (κ1) is 28.9. The molecule has 0 aliphatic rings. The normalized spacial score (nSPS) is 11.7. The fourth-order valence-electron chi connectivity index (χ4n) is 1.96. The molecule has 0 aromatic rings. The zero-order chi connectivity index (χ0) is 18.8. The van der Waals surface area contributed by atoms with Gasteiger partial charge in [-0.2, -0.15) is 0 Å². The molecule has 0 radical (unpaired) electrons. The van der Waals surface area contributed by atoms with Gasteiger partial charge in [-0.1, -0.05) is 6.92 Å². The van der Waals surface area contributed by atoms with Gasteiger partial charge in [-0.15, -0.1) is 0 Å². The topological polar surface area (TPSA) is 97.4 Å². The molecule has 0 fully saturated rings. The van der Waals surface area contributed by atoms with Crippen molar-refractivity contribution in [3.8, 4) is 0 Å². The van der Waals surface area contributed by atoms with Gasteiger partial charge in [-0.05, 0) is 32.9 Å². The molecule has 0 aliphatic carbocycles. The quantitative estimate of drug-likeness (QED) is 0.134. The molecule has 0 unspecified atom stereocenters. The van der Waals surface area contributed by atoms with Gasteiger partial charge in [0.1, 0.15) is 0 Å². The Morgan fingerprint density at radius 1 is 0.769 bits per heavy atom. The van der Waals surface area contributed by atoms with E-state index in [1.165, 1.54) is 0 Å². The maximum Gasteiger partial charge on any atom is 1.00 e. The van der Waals surface area contributed by atoms with E-state index in [9.17, 15) is 13.0 Å². The molecule has 0 aliphatic heterocycles. The summed E-state index contributed by atoms with van der Waals surface area (Å²) in [5.41, 5.74) is 0. The molecule has 0 bridgehead atoms. The van der Waals surface area contributed by atoms with Gasteiger partial charge in [0, 0.05) is 18.9 Å². The van der Waals surface area contributed by atoms with Crippen molar-refractivity contribution in [2.45, 2.75) is 26.2 Å². The van der Waals surface area contributed by atoms with Crippen molar-refractivity contribution in [3.05, 3.63) is 0 Å². The maximum atomic E-state index is 10.4. The Kier molecular flexibility index (Phi) is 22.7. The summed E-state index contributed by atoms with van der Waals surface area (Å²) in [6.07, 6.45) is 2.03. The molecule has 0 saturated heterocycles. The first-order chi connectivity index (χ1) is 12.0. The summed E-state index contributed by atoms with van der Waals surface area (Å²) in [5.74, 6) is -0.330. The van der Waals surface area contributed by atoms with Crippen LogP contribution in [0.5, 0.6) is 0 Å². The Morgan fingerprint density at radius 2 is 1.23 bits per heavy atom. The van der Waals surface area contributed by atoms with Crippen LogP contribution in [0.4, 0.5) is 0 Å². The van der Waals surface area contributed by atoms with E-state index in [1.54, 1.807) is 0 Å². The number of hydrogen-bond acceptors (Lipinski definition) is 8. The largest absolute Gasteiger partial charge is 1.00 e. The van der Waals surface area contributed by atoms with Gasteiger partial charge in [0.15, 0.2) is 0 Å². The third-order valence-electron chi connectivity index (χ3n) is 3.27. The van der Waals surface area contributed by atoms with Crippen molar-refractivity contribution in [1.82, 2.24) is 4.90 Å². The van der Waals surface area contributed by atoms with E-state index >= 15 is 0 Å². The molecule has 26 heavy (non-hydrogen) atoms. The molecular formula is C16H34NNaO7S. The van der Waals surface area contributed by atoms with E-state index in [-0.39, 0.29) is 35.3 Å². The van der Waals surface area contributed by atoms with Crippen molar-refractivity contribution in [2.75, 3.05) is 78.7 Å². The van der Waals surface area contributed by atoms with E-state index in [2.05, 4.69) is 18.9 Å². The van der Waals surface area contributed by atoms with E-state index in [4.69, 9.17) is 18.9 Å². The van der Waals surface area contributed by atoms with E-state index in [1.807, 2.05) is 0 Å². The molecule has 0 heterocycles. The van der Waals surface area contributed by atoms with E-state index < -0.39 is 10.1 Å². The van der Waals surface area contributed by atoms with E-state index in [0.29, 0.717) is 65.7 Å². The summed E-state index contributed by atoms with van der Waals surface area (Å²) in [6.45, 7) is 8.38. The summed E-state index contributed by atoms with van der Waals surface area (Å²) in [6, 6.07) is 0. The van der Waals surface area contributed by atoms with Crippen LogP contribution >= 0.6 is 0 Å². The molecule has 0 spiro atoms. The first-order valence-corrected chi connectivity index (χ1v) is 10.5. The van der Waals surface area contributed by atoms with Crippen molar-refractivity contribution in [2.24, 2.45) is 0 Å². The Labute approximate surface area is 180 Å². The van der Waals surface area contributed by atoms with Crippen molar-refractivity contribution >= 4 is 10.1 Å². The Hall–Kier alpha value is 0.710. The minimum Gasteiger partial charge on any atom is -0.748 e. The molecule has 0 amide bonds. The molecular weight excluding hydrogens is 373 g/mol. The van der Waals surface area contributed by atoms with Gasteiger partial charge in [0.05, 0.1) is 56.4 Å². The van der Waals surface area contributed by atoms with Crippen LogP contribution in [-0.2, 0) is 29.1 Å². The number of ether oxygens (including phenoxy) is 4. The second kappa shape index (κ2) is 20.4. The Morgan fingerprint density at radius 3 is 1.69 bits per heavy atom. The average molecular weight is 408 g/mol. The van der Waals surface area contributed by atoms with Crippen LogP contribution in [0, 0.1) is 0 Å². The summed E-state index contributed by atoms with van der Waals surface area (Å²) < 4.78 is 52.6. The van der Waals surface area contributed by atoms with Crippen molar-refractivity contribution in [3.63, 3.8) is 0 Å². The maximum absolute atomic E-state index is 10.4. The Bertz CT molecular complexity index is 385. The minimum absolute atomic E-state index is 0. The van der Waals surface area contributed by atoms with Crippen LogP contribution in [0.1, 0.15) is 26.2 Å². The van der Waals surface area contributed by atoms with Crippen LogP contribution in [0.2, 0.25) is 0 Å². The number of likely N-dealkylation sites (N-methyl/N-ethyl adjacent to an activating group) is 1. The molecule has 8 nitrogen and oxygen atoms in total. The second-order valence-electron chi connectivity index (χ2n) is 5.72. The SMILES string of the molecule is CCCN(C)CCOCCOCCOCCOCCCCS(=O)(=O)[O-].[Na+]. The predicted molar refractivity (Wildman–Crippen MR) is 94.9 cm³/mol. The number of nitrogens with zero attached hydrogens (tertiary/aromatic N) is 1. The fourth-order valence-corrected chi connectivity index (χ4v) is 2.52. The summed E-state index contributed by atoms with van der Waals surface area (Å²) in [4.78, 5) is 2.24. The van der Waals surface area contributed by atoms with Crippen LogP contribution in [0.25, 0.3) is 0 Å². The molecule has 0 aromatic carbocycles. The number of hydrogen-bond donors (Lipinski definition) is 0. The molecule has 0 rings (SSSR count). The van der Waals surface area contributed by atoms with Gasteiger partial charge in [0.2, 0.25) is 0 Å². The van der Waals surface area contributed by atoms with Gasteiger partial charge in [-0.25, -0.2) is 8.42 Å². The third-order valence-corrected chi connectivity index (χ3v) is 4.06. The monoisotopic (exact) mass is 407 g/mol. The molecule has 10 heteroatoms. The average Bonchev–Trinajstić information content (AvgIpc) is 2.53. The molecule has 0 saturated carbocycles. The van der Waals surface area contributed by atoms with Gasteiger partial charge in [0.25, 0.3) is 0 Å². The van der Waals surface area contributed by atoms with Gasteiger partial charge < -0.3 is 28.4 Å². The van der Waals surface area contributed by atoms with Crippen molar-refractivity contribution < 1.29 is 61.5 Å². The first-order valence-electron chi connectivity index (χ1n) is 8.88. The van der Waals surface area contributed by atoms with Gasteiger partial charge in [-0.3, -0.25) is 0 Å². The minimum atomic E-state index is -4.10. The fraction of sp³-hybridized carbons (Fsp3) is 1.00. The van der Waals surface area contributed by atoms with Crippen LogP contribution in [0.3, 0.4) is 0 Å². The Balaban J connectivity index is 0. The standard InChI is InChI=1S/C16H35NO7S.Na/c1-3-6-17(2)7-9-22-11-13-24-15-14-23-12-10-21-8-4-5-16-25(18,19)20;/h3-16H2,1-2H3,(H,18,19,20);/q;+1/p-1. The summed E-state index contributed by atoms with van der Waals surface area (Å²) in [5, 5.41) is 0. The van der Waals surface area contributed by atoms with Crippen LogP contribution < -0.4 is 29.6 Å².